The number of hydrogen-bond acceptors (Lipinski definition) is 3. The lowest BCUT2D eigenvalue weighted by Crippen LogP contribution is -2.21. The van der Waals surface area contributed by atoms with Crippen LogP contribution in [-0.2, 0) is 14.3 Å². The number of hydrogen-bond donors (Lipinski definition) is 0. The highest BCUT2D eigenvalue weighted by atomic mass is 16.5. The van der Waals surface area contributed by atoms with Gasteiger partial charge in [0.15, 0.2) is 0 Å². The van der Waals surface area contributed by atoms with Crippen LogP contribution < -0.4 is 0 Å². The predicted molar refractivity (Wildman–Crippen MR) is 52.7 cm³/mol. The molecule has 76 valence electrons. The van der Waals surface area contributed by atoms with Gasteiger partial charge in [0.2, 0.25) is 11.6 Å². The molecule has 1 aliphatic carbocycles. The van der Waals surface area contributed by atoms with Gasteiger partial charge in [-0.05, 0) is 26.3 Å². The monoisotopic (exact) mass is 194 g/mol. The maximum atomic E-state index is 11.4. The Kier molecular flexibility index (Phi) is 3.23. The summed E-state index contributed by atoms with van der Waals surface area (Å²) < 4.78 is 5.36. The minimum atomic E-state index is -0.448. The first-order valence-electron chi connectivity index (χ1n) is 4.69. The molecular weight excluding hydrogens is 180 g/mol. The Morgan fingerprint density at radius 1 is 1.21 bits per heavy atom. The fourth-order valence-corrected chi connectivity index (χ4v) is 1.19. The van der Waals surface area contributed by atoms with Gasteiger partial charge in [-0.1, -0.05) is 6.92 Å². The third-order valence-corrected chi connectivity index (χ3v) is 2.08. The van der Waals surface area contributed by atoms with Gasteiger partial charge in [0.05, 0.1) is 6.61 Å². The lowest BCUT2D eigenvalue weighted by atomic mass is 9.96. The van der Waals surface area contributed by atoms with Crippen LogP contribution in [0.2, 0.25) is 0 Å². The standard InChI is InChI=1S/C11H14O3/c1-4-5-14-9-6-7(2)10(12)11(13)8(9)3/h6H,4-5H2,1-3H3. The Morgan fingerprint density at radius 3 is 2.43 bits per heavy atom. The van der Waals surface area contributed by atoms with Crippen LogP contribution in [0.5, 0.6) is 0 Å². The Morgan fingerprint density at radius 2 is 1.86 bits per heavy atom. The molecule has 3 heteroatoms. The molecule has 0 aromatic carbocycles. The van der Waals surface area contributed by atoms with E-state index < -0.39 is 11.6 Å². The lowest BCUT2D eigenvalue weighted by Gasteiger charge is -2.14. The summed E-state index contributed by atoms with van der Waals surface area (Å²) in [6.07, 6.45) is 2.51. The van der Waals surface area contributed by atoms with E-state index >= 15 is 0 Å². The van der Waals surface area contributed by atoms with Crippen molar-refractivity contribution in [1.29, 1.82) is 0 Å². The van der Waals surface area contributed by atoms with Gasteiger partial charge in [0.25, 0.3) is 0 Å². The van der Waals surface area contributed by atoms with Crippen LogP contribution in [0.3, 0.4) is 0 Å². The van der Waals surface area contributed by atoms with Crippen molar-refractivity contribution in [3.8, 4) is 0 Å². The minimum absolute atomic E-state index is 0.411. The van der Waals surface area contributed by atoms with E-state index in [4.69, 9.17) is 4.74 Å². The van der Waals surface area contributed by atoms with Crippen LogP contribution in [0, 0.1) is 0 Å². The quantitative estimate of drug-likeness (QED) is 0.508. The van der Waals surface area contributed by atoms with Gasteiger partial charge in [-0.2, -0.15) is 0 Å². The van der Waals surface area contributed by atoms with Gasteiger partial charge in [0.1, 0.15) is 5.76 Å². The summed E-state index contributed by atoms with van der Waals surface area (Å²) in [6, 6.07) is 0. The van der Waals surface area contributed by atoms with Crippen LogP contribution in [0.1, 0.15) is 27.2 Å². The van der Waals surface area contributed by atoms with Crippen molar-refractivity contribution in [1.82, 2.24) is 0 Å². The highest BCUT2D eigenvalue weighted by molar-refractivity contribution is 6.49. The Hall–Kier alpha value is -1.38. The molecule has 0 heterocycles. The summed E-state index contributed by atoms with van der Waals surface area (Å²) in [5.41, 5.74) is 0.862. The van der Waals surface area contributed by atoms with E-state index in [1.54, 1.807) is 19.9 Å². The van der Waals surface area contributed by atoms with E-state index in [1.165, 1.54) is 0 Å². The van der Waals surface area contributed by atoms with Crippen LogP contribution in [0.4, 0.5) is 0 Å². The number of Topliss-reactive ketones (excluding diaryl/α,β-unsaturated/α-hetero) is 2. The highest BCUT2D eigenvalue weighted by Crippen LogP contribution is 2.19. The molecule has 3 nitrogen and oxygen atoms in total. The molecule has 0 N–H and O–H groups in total. The van der Waals surface area contributed by atoms with Crippen molar-refractivity contribution >= 4 is 11.6 Å². The van der Waals surface area contributed by atoms with Crippen molar-refractivity contribution in [2.24, 2.45) is 0 Å². The number of carbonyl (C=O) groups excluding carboxylic acids is 2. The van der Waals surface area contributed by atoms with E-state index in [-0.39, 0.29) is 0 Å². The molecular formula is C11H14O3. The molecule has 1 rings (SSSR count). The van der Waals surface area contributed by atoms with Crippen molar-refractivity contribution in [3.05, 3.63) is 23.0 Å². The maximum Gasteiger partial charge on any atom is 0.232 e. The molecule has 0 radical (unpaired) electrons. The van der Waals surface area contributed by atoms with Gasteiger partial charge in [0, 0.05) is 11.1 Å². The second kappa shape index (κ2) is 4.22. The van der Waals surface area contributed by atoms with Crippen LogP contribution in [0.15, 0.2) is 23.0 Å². The highest BCUT2D eigenvalue weighted by Gasteiger charge is 2.25. The van der Waals surface area contributed by atoms with Gasteiger partial charge in [-0.15, -0.1) is 0 Å². The van der Waals surface area contributed by atoms with Crippen LogP contribution >= 0.6 is 0 Å². The van der Waals surface area contributed by atoms with Crippen LogP contribution in [0.25, 0.3) is 0 Å². The number of allylic oxidation sites excluding steroid dienone is 3. The summed E-state index contributed by atoms with van der Waals surface area (Å²) in [4.78, 5) is 22.6. The molecule has 0 aliphatic heterocycles. The smallest absolute Gasteiger partial charge is 0.232 e. The third kappa shape index (κ3) is 1.92. The lowest BCUT2D eigenvalue weighted by molar-refractivity contribution is -0.132. The predicted octanol–water partition coefficient (Wildman–Crippen LogP) is 1.79. The van der Waals surface area contributed by atoms with Crippen molar-refractivity contribution in [2.45, 2.75) is 27.2 Å². The third-order valence-electron chi connectivity index (χ3n) is 2.08. The number of rotatable bonds is 3. The zero-order valence-corrected chi connectivity index (χ0v) is 8.72. The molecule has 14 heavy (non-hydrogen) atoms. The zero-order chi connectivity index (χ0) is 10.7. The number of ketones is 2. The molecule has 0 saturated heterocycles. The first-order valence-corrected chi connectivity index (χ1v) is 4.69. The molecule has 0 amide bonds. The molecule has 0 aromatic rings. The van der Waals surface area contributed by atoms with E-state index in [9.17, 15) is 9.59 Å². The summed E-state index contributed by atoms with van der Waals surface area (Å²) in [5.74, 6) is -0.337. The van der Waals surface area contributed by atoms with Crippen molar-refractivity contribution < 1.29 is 14.3 Å². The summed E-state index contributed by atoms with van der Waals surface area (Å²) in [7, 11) is 0. The first-order chi connectivity index (χ1) is 6.57. The second-order valence-electron chi connectivity index (χ2n) is 3.32. The van der Waals surface area contributed by atoms with E-state index in [1.807, 2.05) is 6.92 Å². The largest absolute Gasteiger partial charge is 0.493 e. The van der Waals surface area contributed by atoms with E-state index in [0.29, 0.717) is 23.5 Å². The summed E-state index contributed by atoms with van der Waals surface area (Å²) in [6.45, 7) is 5.80. The van der Waals surface area contributed by atoms with Gasteiger partial charge < -0.3 is 4.74 Å². The number of carbonyl (C=O) groups is 2. The molecule has 0 atom stereocenters. The molecule has 0 unspecified atom stereocenters. The van der Waals surface area contributed by atoms with Crippen LogP contribution in [-0.4, -0.2) is 18.2 Å². The summed E-state index contributed by atoms with van der Waals surface area (Å²) in [5, 5.41) is 0. The maximum absolute atomic E-state index is 11.4. The van der Waals surface area contributed by atoms with Crippen molar-refractivity contribution in [3.63, 3.8) is 0 Å². The van der Waals surface area contributed by atoms with Gasteiger partial charge in [-0.25, -0.2) is 0 Å². The molecule has 0 aromatic heterocycles. The molecule has 1 aliphatic rings. The number of ether oxygens (including phenoxy) is 1. The Bertz CT molecular complexity index is 330. The van der Waals surface area contributed by atoms with Gasteiger partial charge in [-0.3, -0.25) is 9.59 Å². The summed E-state index contributed by atoms with van der Waals surface area (Å²) >= 11 is 0. The van der Waals surface area contributed by atoms with Crippen molar-refractivity contribution in [2.75, 3.05) is 6.61 Å². The van der Waals surface area contributed by atoms with Gasteiger partial charge >= 0.3 is 0 Å². The second-order valence-corrected chi connectivity index (χ2v) is 3.32. The molecule has 0 spiro atoms. The first kappa shape index (κ1) is 10.7. The average Bonchev–Trinajstić information content (AvgIpc) is 2.18. The Balaban J connectivity index is 2.93. The zero-order valence-electron chi connectivity index (χ0n) is 8.72. The molecule has 0 saturated carbocycles. The normalized spacial score (nSPS) is 17.2. The fourth-order valence-electron chi connectivity index (χ4n) is 1.19. The SMILES string of the molecule is CCCOC1=C(C)C(=O)C(=O)C(C)=C1. The fraction of sp³-hybridized carbons (Fsp3) is 0.455. The van der Waals surface area contributed by atoms with E-state index in [2.05, 4.69) is 0 Å². The molecule has 0 fully saturated rings. The average molecular weight is 194 g/mol. The van der Waals surface area contributed by atoms with E-state index in [0.717, 1.165) is 6.42 Å². The topological polar surface area (TPSA) is 43.4 Å². The molecule has 0 bridgehead atoms. The minimum Gasteiger partial charge on any atom is -0.493 e. The Labute approximate surface area is 83.4 Å².